The Labute approximate surface area is 166 Å². The van der Waals surface area contributed by atoms with Crippen LogP contribution in [0.3, 0.4) is 0 Å². The van der Waals surface area contributed by atoms with E-state index >= 15 is 0 Å². The lowest BCUT2D eigenvalue weighted by atomic mass is 9.93. The van der Waals surface area contributed by atoms with Crippen molar-refractivity contribution in [3.63, 3.8) is 0 Å². The van der Waals surface area contributed by atoms with Crippen molar-refractivity contribution < 1.29 is 13.2 Å². The molecule has 7 heteroatoms. The van der Waals surface area contributed by atoms with Gasteiger partial charge in [-0.25, -0.2) is 0 Å². The van der Waals surface area contributed by atoms with Crippen molar-refractivity contribution in [3.8, 4) is 0 Å². The summed E-state index contributed by atoms with van der Waals surface area (Å²) in [5.41, 5.74) is 1.33. The maximum atomic E-state index is 12.5. The third-order valence-electron chi connectivity index (χ3n) is 5.27. The van der Waals surface area contributed by atoms with Gasteiger partial charge in [0, 0.05) is 19.6 Å². The van der Waals surface area contributed by atoms with E-state index in [9.17, 15) is 13.2 Å². The third-order valence-corrected chi connectivity index (χ3v) is 5.27. The Balaban J connectivity index is 1.61. The van der Waals surface area contributed by atoms with E-state index in [0.29, 0.717) is 25.0 Å². The highest BCUT2D eigenvalue weighted by molar-refractivity contribution is 5.79. The van der Waals surface area contributed by atoms with Gasteiger partial charge in [-0.05, 0) is 63.6 Å². The molecule has 0 spiro atoms. The second kappa shape index (κ2) is 11.3. The molecule has 1 atom stereocenters. The molecule has 0 saturated carbocycles. The van der Waals surface area contributed by atoms with Gasteiger partial charge in [0.1, 0.15) is 0 Å². The first-order chi connectivity index (χ1) is 13.4. The van der Waals surface area contributed by atoms with Gasteiger partial charge in [0.2, 0.25) is 0 Å². The molecule has 1 fully saturated rings. The Morgan fingerprint density at radius 1 is 1.21 bits per heavy atom. The van der Waals surface area contributed by atoms with Crippen LogP contribution in [-0.4, -0.2) is 56.3 Å². The van der Waals surface area contributed by atoms with Crippen LogP contribution in [0.25, 0.3) is 0 Å². The van der Waals surface area contributed by atoms with Crippen LogP contribution in [0, 0.1) is 5.92 Å². The Morgan fingerprint density at radius 2 is 1.89 bits per heavy atom. The minimum absolute atomic E-state index is 0.303. The van der Waals surface area contributed by atoms with Crippen molar-refractivity contribution in [1.82, 2.24) is 15.5 Å². The first-order valence-corrected chi connectivity index (χ1v) is 10.2. The number of guanidine groups is 1. The number of nitrogens with one attached hydrogen (secondary N) is 2. The largest absolute Gasteiger partial charge is 0.401 e. The number of aliphatic imine (C=N–C) groups is 1. The first-order valence-electron chi connectivity index (χ1n) is 10.2. The van der Waals surface area contributed by atoms with E-state index in [1.165, 1.54) is 10.5 Å². The number of alkyl halides is 3. The zero-order valence-corrected chi connectivity index (χ0v) is 16.9. The topological polar surface area (TPSA) is 39.7 Å². The molecule has 1 aromatic rings. The Kier molecular flexibility index (Phi) is 9.09. The summed E-state index contributed by atoms with van der Waals surface area (Å²) < 4.78 is 37.4. The molecule has 0 bridgehead atoms. The van der Waals surface area contributed by atoms with Crippen molar-refractivity contribution in [2.24, 2.45) is 10.9 Å². The maximum absolute atomic E-state index is 12.5. The number of rotatable bonds is 8. The highest BCUT2D eigenvalue weighted by atomic mass is 19.4. The minimum Gasteiger partial charge on any atom is -0.356 e. The van der Waals surface area contributed by atoms with Gasteiger partial charge < -0.3 is 10.6 Å². The predicted molar refractivity (Wildman–Crippen MR) is 109 cm³/mol. The van der Waals surface area contributed by atoms with Crippen molar-refractivity contribution in [1.29, 1.82) is 0 Å². The van der Waals surface area contributed by atoms with Crippen LogP contribution in [0.1, 0.15) is 38.2 Å². The van der Waals surface area contributed by atoms with Gasteiger partial charge >= 0.3 is 6.18 Å². The van der Waals surface area contributed by atoms with Crippen molar-refractivity contribution in [2.45, 2.75) is 51.2 Å². The average molecular weight is 399 g/mol. The molecule has 0 aromatic heterocycles. The molecule has 1 unspecified atom stereocenters. The van der Waals surface area contributed by atoms with Crippen molar-refractivity contribution >= 4 is 5.96 Å². The van der Waals surface area contributed by atoms with Crippen LogP contribution in [0.4, 0.5) is 13.2 Å². The first kappa shape index (κ1) is 22.5. The SMILES string of the molecule is CN=C(NCCC1CCN(CC(F)(F)F)CC1)NC(C)CCc1ccccc1. The van der Waals surface area contributed by atoms with Crippen molar-refractivity contribution in [3.05, 3.63) is 35.9 Å². The Morgan fingerprint density at radius 3 is 2.50 bits per heavy atom. The van der Waals surface area contributed by atoms with Gasteiger partial charge in [0.05, 0.1) is 6.54 Å². The van der Waals surface area contributed by atoms with E-state index in [-0.39, 0.29) is 0 Å². The summed E-state index contributed by atoms with van der Waals surface area (Å²) in [6.45, 7) is 3.22. The maximum Gasteiger partial charge on any atom is 0.401 e. The van der Waals surface area contributed by atoms with E-state index in [0.717, 1.165) is 44.6 Å². The number of aryl methyl sites for hydroxylation is 1. The molecule has 0 aliphatic carbocycles. The van der Waals surface area contributed by atoms with Gasteiger partial charge in [-0.3, -0.25) is 9.89 Å². The number of piperidine rings is 1. The summed E-state index contributed by atoms with van der Waals surface area (Å²) in [6, 6.07) is 10.7. The minimum atomic E-state index is -4.09. The molecule has 1 heterocycles. The molecule has 158 valence electrons. The summed E-state index contributed by atoms with van der Waals surface area (Å²) in [6.07, 6.45) is 0.558. The van der Waals surface area contributed by atoms with Crippen LogP contribution in [0.5, 0.6) is 0 Å². The number of likely N-dealkylation sites (tertiary alicyclic amines) is 1. The normalized spacial score (nSPS) is 18.1. The van der Waals surface area contributed by atoms with Crippen LogP contribution in [0.15, 0.2) is 35.3 Å². The Hall–Kier alpha value is -1.76. The second-order valence-corrected chi connectivity index (χ2v) is 7.69. The smallest absolute Gasteiger partial charge is 0.356 e. The fourth-order valence-electron chi connectivity index (χ4n) is 3.61. The fraction of sp³-hybridized carbons (Fsp3) is 0.667. The summed E-state index contributed by atoms with van der Waals surface area (Å²) in [5, 5.41) is 6.75. The second-order valence-electron chi connectivity index (χ2n) is 7.69. The lowest BCUT2D eigenvalue weighted by Crippen LogP contribution is -2.44. The van der Waals surface area contributed by atoms with E-state index in [1.807, 2.05) is 6.07 Å². The average Bonchev–Trinajstić information content (AvgIpc) is 2.66. The van der Waals surface area contributed by atoms with Crippen molar-refractivity contribution in [2.75, 3.05) is 33.2 Å². The quantitative estimate of drug-likeness (QED) is 0.516. The van der Waals surface area contributed by atoms with Gasteiger partial charge in [0.25, 0.3) is 0 Å². The lowest BCUT2D eigenvalue weighted by molar-refractivity contribution is -0.148. The summed E-state index contributed by atoms with van der Waals surface area (Å²) >= 11 is 0. The van der Waals surface area contributed by atoms with E-state index in [4.69, 9.17) is 0 Å². The molecule has 1 aliphatic rings. The molecule has 2 rings (SSSR count). The van der Waals surface area contributed by atoms with Gasteiger partial charge in [-0.15, -0.1) is 0 Å². The molecule has 1 aromatic carbocycles. The molecule has 28 heavy (non-hydrogen) atoms. The highest BCUT2D eigenvalue weighted by Gasteiger charge is 2.32. The summed E-state index contributed by atoms with van der Waals surface area (Å²) in [5.74, 6) is 1.26. The number of benzene rings is 1. The lowest BCUT2D eigenvalue weighted by Gasteiger charge is -2.32. The van der Waals surface area contributed by atoms with E-state index in [2.05, 4.69) is 46.8 Å². The van der Waals surface area contributed by atoms with Gasteiger partial charge in [-0.1, -0.05) is 30.3 Å². The van der Waals surface area contributed by atoms with Crippen LogP contribution in [-0.2, 0) is 6.42 Å². The number of hydrogen-bond donors (Lipinski definition) is 2. The number of halogens is 3. The third kappa shape index (κ3) is 8.95. The van der Waals surface area contributed by atoms with Crippen LogP contribution >= 0.6 is 0 Å². The zero-order valence-electron chi connectivity index (χ0n) is 16.9. The molecule has 2 N–H and O–H groups in total. The predicted octanol–water partition coefficient (Wildman–Crippen LogP) is 3.84. The molecular formula is C21H33F3N4. The number of hydrogen-bond acceptors (Lipinski definition) is 2. The standard InChI is InChI=1S/C21H33F3N4/c1-17(8-9-18-6-4-3-5-7-18)27-20(25-2)26-13-10-19-11-14-28(15-12-19)16-21(22,23)24/h3-7,17,19H,8-16H2,1-2H3,(H2,25,26,27). The van der Waals surface area contributed by atoms with Crippen LogP contribution in [0.2, 0.25) is 0 Å². The molecular weight excluding hydrogens is 365 g/mol. The molecule has 0 amide bonds. The fourth-order valence-corrected chi connectivity index (χ4v) is 3.61. The summed E-state index contributed by atoms with van der Waals surface area (Å²) in [4.78, 5) is 5.79. The van der Waals surface area contributed by atoms with Gasteiger partial charge in [0.15, 0.2) is 5.96 Å². The number of nitrogens with zero attached hydrogens (tertiary/aromatic N) is 2. The van der Waals surface area contributed by atoms with Gasteiger partial charge in [-0.2, -0.15) is 13.2 Å². The van der Waals surface area contributed by atoms with E-state index in [1.54, 1.807) is 7.05 Å². The zero-order chi connectivity index (χ0) is 20.4. The Bertz CT molecular complexity index is 581. The van der Waals surface area contributed by atoms with Crippen LogP contribution < -0.4 is 10.6 Å². The molecule has 1 saturated heterocycles. The molecule has 1 aliphatic heterocycles. The molecule has 0 radical (unpaired) electrons. The molecule has 4 nitrogen and oxygen atoms in total. The summed E-state index contributed by atoms with van der Waals surface area (Å²) in [7, 11) is 1.76. The van der Waals surface area contributed by atoms with E-state index < -0.39 is 12.7 Å². The highest BCUT2D eigenvalue weighted by Crippen LogP contribution is 2.23. The monoisotopic (exact) mass is 398 g/mol.